The molecule has 1 aliphatic rings. The number of hydrogen-bond acceptors (Lipinski definition) is 4. The number of carbonyl (C=O) groups is 3. The summed E-state index contributed by atoms with van der Waals surface area (Å²) in [5, 5.41) is 0. The molecule has 3 rings (SSSR count). The molecule has 1 aromatic heterocycles. The highest BCUT2D eigenvalue weighted by atomic mass is 16.2. The number of hydrazine groups is 1. The summed E-state index contributed by atoms with van der Waals surface area (Å²) in [7, 11) is 0. The zero-order chi connectivity index (χ0) is 17.6. The Morgan fingerprint density at radius 2 is 1.80 bits per heavy atom. The molecule has 1 heterocycles. The molecule has 1 aromatic carbocycles. The molecule has 6 heteroatoms. The molecule has 1 aliphatic carbocycles. The number of pyridine rings is 1. The predicted octanol–water partition coefficient (Wildman–Crippen LogP) is 1.99. The summed E-state index contributed by atoms with van der Waals surface area (Å²) in [5.41, 5.74) is 8.16. The number of fused-ring (bicyclic) bond motifs is 1. The number of benzene rings is 1. The molecule has 0 saturated heterocycles. The van der Waals surface area contributed by atoms with Crippen LogP contribution in [0.15, 0.2) is 42.7 Å². The van der Waals surface area contributed by atoms with Gasteiger partial charge >= 0.3 is 0 Å². The fourth-order valence-corrected chi connectivity index (χ4v) is 2.87. The summed E-state index contributed by atoms with van der Waals surface area (Å²) >= 11 is 0. The fourth-order valence-electron chi connectivity index (χ4n) is 2.87. The van der Waals surface area contributed by atoms with E-state index in [1.807, 2.05) is 18.2 Å². The minimum absolute atomic E-state index is 0.0171. The van der Waals surface area contributed by atoms with E-state index in [4.69, 9.17) is 0 Å². The SMILES string of the molecule is O=C(CCC(=O)c1ccc2c(c1)CCC2)NNC(=O)c1cccnc1. The van der Waals surface area contributed by atoms with Crippen molar-refractivity contribution in [2.45, 2.75) is 32.1 Å². The third-order valence-electron chi connectivity index (χ3n) is 4.24. The van der Waals surface area contributed by atoms with Crippen LogP contribution >= 0.6 is 0 Å². The Morgan fingerprint density at radius 1 is 0.960 bits per heavy atom. The van der Waals surface area contributed by atoms with Crippen molar-refractivity contribution in [3.8, 4) is 0 Å². The number of amides is 2. The molecule has 0 spiro atoms. The topological polar surface area (TPSA) is 88.2 Å². The average Bonchev–Trinajstić information content (AvgIpc) is 3.12. The van der Waals surface area contributed by atoms with Crippen LogP contribution in [0.25, 0.3) is 0 Å². The molecule has 25 heavy (non-hydrogen) atoms. The van der Waals surface area contributed by atoms with Crippen molar-refractivity contribution in [1.29, 1.82) is 0 Å². The van der Waals surface area contributed by atoms with E-state index in [1.165, 1.54) is 17.3 Å². The number of nitrogens with zero attached hydrogens (tertiary/aromatic N) is 1. The maximum absolute atomic E-state index is 12.2. The summed E-state index contributed by atoms with van der Waals surface area (Å²) in [6, 6.07) is 8.99. The third-order valence-corrected chi connectivity index (χ3v) is 4.24. The van der Waals surface area contributed by atoms with E-state index >= 15 is 0 Å². The molecule has 2 N–H and O–H groups in total. The van der Waals surface area contributed by atoms with E-state index in [1.54, 1.807) is 18.3 Å². The van der Waals surface area contributed by atoms with Crippen LogP contribution < -0.4 is 10.9 Å². The molecular weight excluding hydrogens is 318 g/mol. The van der Waals surface area contributed by atoms with Crippen LogP contribution in [0, 0.1) is 0 Å². The average molecular weight is 337 g/mol. The van der Waals surface area contributed by atoms with Gasteiger partial charge in [-0.1, -0.05) is 12.1 Å². The summed E-state index contributed by atoms with van der Waals surface area (Å²) in [5.74, 6) is -0.929. The highest BCUT2D eigenvalue weighted by molar-refractivity contribution is 5.99. The van der Waals surface area contributed by atoms with Gasteiger partial charge in [0, 0.05) is 30.8 Å². The first-order valence-corrected chi connectivity index (χ1v) is 8.28. The zero-order valence-corrected chi connectivity index (χ0v) is 13.7. The van der Waals surface area contributed by atoms with E-state index < -0.39 is 11.8 Å². The van der Waals surface area contributed by atoms with Gasteiger partial charge in [0.2, 0.25) is 5.91 Å². The number of rotatable bonds is 5. The van der Waals surface area contributed by atoms with Gasteiger partial charge in [0.1, 0.15) is 0 Å². The van der Waals surface area contributed by atoms with Crippen molar-refractivity contribution in [3.05, 3.63) is 65.0 Å². The van der Waals surface area contributed by atoms with Crippen LogP contribution in [0.2, 0.25) is 0 Å². The van der Waals surface area contributed by atoms with E-state index in [-0.39, 0.29) is 18.6 Å². The molecule has 2 aromatic rings. The Morgan fingerprint density at radius 3 is 2.60 bits per heavy atom. The Labute approximate surface area is 145 Å². The summed E-state index contributed by atoms with van der Waals surface area (Å²) in [4.78, 5) is 39.7. The van der Waals surface area contributed by atoms with Crippen molar-refractivity contribution in [3.63, 3.8) is 0 Å². The van der Waals surface area contributed by atoms with Crippen molar-refractivity contribution < 1.29 is 14.4 Å². The number of ketones is 1. The zero-order valence-electron chi connectivity index (χ0n) is 13.7. The lowest BCUT2D eigenvalue weighted by molar-refractivity contribution is -0.121. The summed E-state index contributed by atoms with van der Waals surface area (Å²) in [6.07, 6.45) is 6.29. The first-order valence-electron chi connectivity index (χ1n) is 8.28. The maximum Gasteiger partial charge on any atom is 0.271 e. The number of carbonyl (C=O) groups excluding carboxylic acids is 3. The Kier molecular flexibility index (Phi) is 5.18. The molecule has 0 atom stereocenters. The molecule has 0 bridgehead atoms. The first-order chi connectivity index (χ1) is 12.1. The van der Waals surface area contributed by atoms with Gasteiger partial charge in [0.05, 0.1) is 5.56 Å². The van der Waals surface area contributed by atoms with Gasteiger partial charge in [0.15, 0.2) is 5.78 Å². The van der Waals surface area contributed by atoms with Crippen molar-refractivity contribution in [2.75, 3.05) is 0 Å². The number of aromatic nitrogens is 1. The normalized spacial score (nSPS) is 12.3. The van der Waals surface area contributed by atoms with Gasteiger partial charge in [0.25, 0.3) is 5.91 Å². The second-order valence-corrected chi connectivity index (χ2v) is 6.00. The Balaban J connectivity index is 1.46. The van der Waals surface area contributed by atoms with Crippen LogP contribution in [0.3, 0.4) is 0 Å². The third kappa shape index (κ3) is 4.29. The van der Waals surface area contributed by atoms with Crippen molar-refractivity contribution >= 4 is 17.6 Å². The van der Waals surface area contributed by atoms with Crippen LogP contribution in [0.4, 0.5) is 0 Å². The van der Waals surface area contributed by atoms with Crippen LogP contribution in [0.5, 0.6) is 0 Å². The van der Waals surface area contributed by atoms with E-state index in [2.05, 4.69) is 15.8 Å². The van der Waals surface area contributed by atoms with E-state index in [0.717, 1.165) is 19.3 Å². The first kappa shape index (κ1) is 16.8. The molecule has 0 fully saturated rings. The van der Waals surface area contributed by atoms with Crippen LogP contribution in [-0.2, 0) is 17.6 Å². The maximum atomic E-state index is 12.2. The highest BCUT2D eigenvalue weighted by Gasteiger charge is 2.15. The van der Waals surface area contributed by atoms with E-state index in [9.17, 15) is 14.4 Å². The predicted molar refractivity (Wildman–Crippen MR) is 91.9 cm³/mol. The van der Waals surface area contributed by atoms with Gasteiger partial charge in [-0.2, -0.15) is 0 Å². The molecule has 0 aliphatic heterocycles. The van der Waals surface area contributed by atoms with Crippen molar-refractivity contribution in [2.24, 2.45) is 0 Å². The lowest BCUT2D eigenvalue weighted by Gasteiger charge is -2.07. The molecular formula is C19H19N3O3. The number of Topliss-reactive ketones (excluding diaryl/α,β-unsaturated/α-hetero) is 1. The molecule has 0 unspecified atom stereocenters. The Hall–Kier alpha value is -3.02. The van der Waals surface area contributed by atoms with Gasteiger partial charge in [-0.3, -0.25) is 30.2 Å². The molecule has 128 valence electrons. The summed E-state index contributed by atoms with van der Waals surface area (Å²) in [6.45, 7) is 0. The molecule has 0 saturated carbocycles. The minimum Gasteiger partial charge on any atom is -0.294 e. The molecule has 6 nitrogen and oxygen atoms in total. The number of hydrogen-bond donors (Lipinski definition) is 2. The second-order valence-electron chi connectivity index (χ2n) is 6.00. The van der Waals surface area contributed by atoms with Crippen LogP contribution in [0.1, 0.15) is 51.1 Å². The van der Waals surface area contributed by atoms with Gasteiger partial charge in [-0.05, 0) is 48.6 Å². The lowest BCUT2D eigenvalue weighted by Crippen LogP contribution is -2.41. The largest absolute Gasteiger partial charge is 0.294 e. The number of aryl methyl sites for hydroxylation is 2. The second kappa shape index (κ2) is 7.70. The van der Waals surface area contributed by atoms with Gasteiger partial charge in [-0.25, -0.2) is 0 Å². The Bertz CT molecular complexity index is 803. The van der Waals surface area contributed by atoms with Gasteiger partial charge in [-0.15, -0.1) is 0 Å². The lowest BCUT2D eigenvalue weighted by atomic mass is 10.0. The quantitative estimate of drug-likeness (QED) is 0.645. The van der Waals surface area contributed by atoms with Crippen LogP contribution in [-0.4, -0.2) is 22.6 Å². The summed E-state index contributed by atoms with van der Waals surface area (Å²) < 4.78 is 0. The smallest absolute Gasteiger partial charge is 0.271 e. The fraction of sp³-hybridized carbons (Fsp3) is 0.263. The molecule has 0 radical (unpaired) electrons. The monoisotopic (exact) mass is 337 g/mol. The standard InChI is InChI=1S/C19H19N3O3/c23-17(15-7-6-13-3-1-4-14(13)11-15)8-9-18(24)21-22-19(25)16-5-2-10-20-12-16/h2,5-7,10-12H,1,3-4,8-9H2,(H,21,24)(H,22,25). The highest BCUT2D eigenvalue weighted by Crippen LogP contribution is 2.23. The minimum atomic E-state index is -0.452. The van der Waals surface area contributed by atoms with Gasteiger partial charge < -0.3 is 0 Å². The van der Waals surface area contributed by atoms with E-state index in [0.29, 0.717) is 11.1 Å². The molecule has 2 amide bonds. The van der Waals surface area contributed by atoms with Crippen molar-refractivity contribution in [1.82, 2.24) is 15.8 Å². The number of nitrogens with one attached hydrogen (secondary N) is 2.